The topological polar surface area (TPSA) is 6.48 Å². The van der Waals surface area contributed by atoms with Gasteiger partial charge >= 0.3 is 0 Å². The summed E-state index contributed by atoms with van der Waals surface area (Å²) in [5, 5.41) is 0. The Hall–Kier alpha value is -2.22. The fraction of sp³-hybridized carbons (Fsp3) is 0.333. The molecule has 0 unspecified atom stereocenters. The van der Waals surface area contributed by atoms with Gasteiger partial charge in [-0.05, 0) is 44.4 Å². The molecule has 0 aromatic heterocycles. The number of likely N-dealkylation sites (N-methyl/N-ethyl adjacent to an activating group) is 1. The predicted octanol–water partition coefficient (Wildman–Crippen LogP) is 4.97. The minimum absolute atomic E-state index is 0.983. The van der Waals surface area contributed by atoms with Crippen LogP contribution in [0.2, 0.25) is 0 Å². The lowest BCUT2D eigenvalue weighted by molar-refractivity contribution is 0.428. The fourth-order valence-corrected chi connectivity index (χ4v) is 2.92. The number of hydrogen-bond donors (Lipinski definition) is 0. The van der Waals surface area contributed by atoms with Crippen LogP contribution in [0.5, 0.6) is 0 Å². The molecule has 122 valence electrons. The first-order valence-corrected chi connectivity index (χ1v) is 8.19. The van der Waals surface area contributed by atoms with E-state index in [9.17, 15) is 0 Å². The van der Waals surface area contributed by atoms with Gasteiger partial charge in [0, 0.05) is 25.8 Å². The highest BCUT2D eigenvalue weighted by Crippen LogP contribution is 2.25. The summed E-state index contributed by atoms with van der Waals surface area (Å²) in [6.45, 7) is 16.7. The average molecular weight is 308 g/mol. The van der Waals surface area contributed by atoms with Crippen molar-refractivity contribution >= 4 is 5.57 Å². The van der Waals surface area contributed by atoms with Gasteiger partial charge in [0.25, 0.3) is 0 Å². The summed E-state index contributed by atoms with van der Waals surface area (Å²) < 4.78 is 0. The van der Waals surface area contributed by atoms with E-state index in [4.69, 9.17) is 0 Å². The van der Waals surface area contributed by atoms with Crippen molar-refractivity contribution in [2.24, 2.45) is 0 Å². The lowest BCUT2D eigenvalue weighted by Gasteiger charge is -2.27. The zero-order valence-corrected chi connectivity index (χ0v) is 14.9. The Bertz CT molecular complexity index is 664. The van der Waals surface area contributed by atoms with Crippen LogP contribution < -0.4 is 0 Å². The molecule has 0 aliphatic carbocycles. The zero-order chi connectivity index (χ0) is 17.0. The molecule has 0 bridgehead atoms. The second-order valence-corrected chi connectivity index (χ2v) is 6.38. The summed E-state index contributed by atoms with van der Waals surface area (Å²) in [4.78, 5) is 4.50. The Morgan fingerprint density at radius 2 is 1.96 bits per heavy atom. The van der Waals surface area contributed by atoms with Crippen LogP contribution in [0.15, 0.2) is 66.7 Å². The van der Waals surface area contributed by atoms with Crippen molar-refractivity contribution in [3.05, 3.63) is 77.8 Å². The van der Waals surface area contributed by atoms with Crippen LogP contribution in [0.4, 0.5) is 0 Å². The Labute approximate surface area is 141 Å². The first-order valence-electron chi connectivity index (χ1n) is 8.19. The largest absolute Gasteiger partial charge is 0.373 e. The van der Waals surface area contributed by atoms with Crippen molar-refractivity contribution in [1.29, 1.82) is 0 Å². The number of aryl methyl sites for hydroxylation is 1. The van der Waals surface area contributed by atoms with Crippen molar-refractivity contribution in [2.75, 3.05) is 20.1 Å². The number of allylic oxidation sites excluding steroid dienone is 4. The van der Waals surface area contributed by atoms with Gasteiger partial charge in [0.1, 0.15) is 0 Å². The fourth-order valence-electron chi connectivity index (χ4n) is 2.92. The van der Waals surface area contributed by atoms with E-state index in [1.165, 1.54) is 16.7 Å². The smallest absolute Gasteiger partial charge is 0.0598 e. The highest BCUT2D eigenvalue weighted by atomic mass is 15.2. The van der Waals surface area contributed by atoms with Crippen molar-refractivity contribution in [1.82, 2.24) is 9.80 Å². The van der Waals surface area contributed by atoms with E-state index in [1.54, 1.807) is 0 Å². The molecule has 1 aliphatic rings. The highest BCUT2D eigenvalue weighted by Gasteiger charge is 2.19. The quantitative estimate of drug-likeness (QED) is 0.778. The van der Waals surface area contributed by atoms with E-state index < -0.39 is 0 Å². The van der Waals surface area contributed by atoms with Crippen molar-refractivity contribution in [3.63, 3.8) is 0 Å². The van der Waals surface area contributed by atoms with Gasteiger partial charge in [-0.2, -0.15) is 0 Å². The van der Waals surface area contributed by atoms with Crippen LogP contribution in [0.25, 0.3) is 5.57 Å². The molecule has 0 spiro atoms. The predicted molar refractivity (Wildman–Crippen MR) is 101 cm³/mol. The molecule has 1 saturated heterocycles. The summed E-state index contributed by atoms with van der Waals surface area (Å²) in [6, 6.07) is 8.61. The molecular weight excluding hydrogens is 280 g/mol. The summed E-state index contributed by atoms with van der Waals surface area (Å²) in [5.74, 6) is 0. The number of nitrogens with zero attached hydrogens (tertiary/aromatic N) is 2. The maximum Gasteiger partial charge on any atom is 0.0598 e. The molecule has 1 aromatic carbocycles. The van der Waals surface area contributed by atoms with Crippen LogP contribution >= 0.6 is 0 Å². The van der Waals surface area contributed by atoms with Gasteiger partial charge in [-0.15, -0.1) is 0 Å². The first kappa shape index (κ1) is 17.1. The zero-order valence-electron chi connectivity index (χ0n) is 14.9. The van der Waals surface area contributed by atoms with E-state index in [0.29, 0.717) is 0 Å². The van der Waals surface area contributed by atoms with Crippen LogP contribution in [0.3, 0.4) is 0 Å². The van der Waals surface area contributed by atoms with E-state index in [-0.39, 0.29) is 0 Å². The molecule has 2 nitrogen and oxygen atoms in total. The van der Waals surface area contributed by atoms with Gasteiger partial charge in [-0.3, -0.25) is 0 Å². The molecule has 1 aromatic rings. The highest BCUT2D eigenvalue weighted by molar-refractivity contribution is 5.66. The summed E-state index contributed by atoms with van der Waals surface area (Å²) in [6.07, 6.45) is 5.48. The molecule has 2 heteroatoms. The van der Waals surface area contributed by atoms with E-state index in [1.807, 2.05) is 6.92 Å². The third-order valence-corrected chi connectivity index (χ3v) is 4.33. The number of benzene rings is 1. The number of rotatable bonds is 3. The first-order chi connectivity index (χ1) is 10.9. The molecule has 1 fully saturated rings. The van der Waals surface area contributed by atoms with Gasteiger partial charge in [0.2, 0.25) is 0 Å². The standard InChI is InChI=1S/C21H28N2/c1-16(2)23-14-8-13-22(6)21(19(23)5)12-11-18(4)20-10-7-9-17(3)15-20/h7,9-12,15H,1,5,8,13-14H2,2-4,6H3/b18-11+,21-12+. The Morgan fingerprint density at radius 1 is 1.22 bits per heavy atom. The molecule has 23 heavy (non-hydrogen) atoms. The summed E-state index contributed by atoms with van der Waals surface area (Å²) >= 11 is 0. The molecular formula is C21H28N2. The van der Waals surface area contributed by atoms with Gasteiger partial charge in [-0.25, -0.2) is 0 Å². The van der Waals surface area contributed by atoms with E-state index in [2.05, 4.69) is 80.3 Å². The molecule has 2 rings (SSSR count). The van der Waals surface area contributed by atoms with Gasteiger partial charge in [-0.1, -0.05) is 49.1 Å². The minimum atomic E-state index is 0.983. The molecule has 0 N–H and O–H groups in total. The molecule has 1 heterocycles. The summed E-state index contributed by atoms with van der Waals surface area (Å²) in [7, 11) is 2.13. The molecule has 0 amide bonds. The molecule has 0 saturated carbocycles. The molecule has 0 atom stereocenters. The van der Waals surface area contributed by atoms with Crippen molar-refractivity contribution < 1.29 is 0 Å². The maximum atomic E-state index is 4.30. The van der Waals surface area contributed by atoms with Gasteiger partial charge in [0.15, 0.2) is 0 Å². The molecule has 1 aliphatic heterocycles. The third kappa shape index (κ3) is 4.16. The van der Waals surface area contributed by atoms with E-state index >= 15 is 0 Å². The Morgan fingerprint density at radius 3 is 2.61 bits per heavy atom. The number of hydrogen-bond acceptors (Lipinski definition) is 2. The van der Waals surface area contributed by atoms with Crippen LogP contribution in [-0.2, 0) is 0 Å². The average Bonchev–Trinajstić information content (AvgIpc) is 2.64. The second-order valence-electron chi connectivity index (χ2n) is 6.38. The van der Waals surface area contributed by atoms with Gasteiger partial charge < -0.3 is 9.80 Å². The third-order valence-electron chi connectivity index (χ3n) is 4.33. The van der Waals surface area contributed by atoms with Gasteiger partial charge in [0.05, 0.1) is 11.4 Å². The maximum absolute atomic E-state index is 4.30. The van der Waals surface area contributed by atoms with Crippen LogP contribution in [-0.4, -0.2) is 29.9 Å². The monoisotopic (exact) mass is 308 g/mol. The summed E-state index contributed by atoms with van der Waals surface area (Å²) in [5.41, 5.74) is 7.06. The second kappa shape index (κ2) is 7.36. The van der Waals surface area contributed by atoms with E-state index in [0.717, 1.165) is 36.6 Å². The van der Waals surface area contributed by atoms with Crippen molar-refractivity contribution in [2.45, 2.75) is 27.2 Å². The van der Waals surface area contributed by atoms with Crippen molar-refractivity contribution in [3.8, 4) is 0 Å². The van der Waals surface area contributed by atoms with Crippen LogP contribution in [0, 0.1) is 6.92 Å². The SMILES string of the molecule is C=C(C)N1CCCN(C)/C(=C/C=C(\C)c2cccc(C)c2)C1=C. The normalized spacial score (nSPS) is 18.3. The molecule has 0 radical (unpaired) electrons. The Balaban J connectivity index is 2.32. The lowest BCUT2D eigenvalue weighted by atomic mass is 10.0. The Kier molecular flexibility index (Phi) is 5.49. The van der Waals surface area contributed by atoms with Crippen LogP contribution in [0.1, 0.15) is 31.4 Å². The lowest BCUT2D eigenvalue weighted by Crippen LogP contribution is -2.22. The minimum Gasteiger partial charge on any atom is -0.373 e.